The number of nitrogens with zero attached hydrogens (tertiary/aromatic N) is 1. The maximum atomic E-state index is 13.1. The first-order valence-electron chi connectivity index (χ1n) is 10.6. The molecule has 0 spiro atoms. The van der Waals surface area contributed by atoms with Crippen molar-refractivity contribution in [2.45, 2.75) is 50.4 Å². The molecular weight excluding hydrogens is 373 g/mol. The molecular formula is C24H27F3N2. The highest BCUT2D eigenvalue weighted by molar-refractivity contribution is 5.35. The van der Waals surface area contributed by atoms with Crippen LogP contribution in [0.5, 0.6) is 0 Å². The Balaban J connectivity index is 1.16. The van der Waals surface area contributed by atoms with Crippen LogP contribution in [0, 0.1) is 5.41 Å². The molecule has 0 radical (unpaired) electrons. The van der Waals surface area contributed by atoms with E-state index in [-0.39, 0.29) is 0 Å². The molecule has 0 amide bonds. The quantitative estimate of drug-likeness (QED) is 0.735. The summed E-state index contributed by atoms with van der Waals surface area (Å²) in [6.45, 7) is 3.58. The average molecular weight is 400 g/mol. The standard InChI is InChI=1S/C24H27F3N2/c25-24(26,27)20-7-6-17-8-11-29(14-19(17)12-20)16-23(9-10-23)15-28-22-13-21(22)18-4-2-1-3-5-18/h1-7,12,21-22,28H,8-11,13-16H2/t21-,22?/m1/s1. The first-order chi connectivity index (χ1) is 13.9. The summed E-state index contributed by atoms with van der Waals surface area (Å²) in [4.78, 5) is 2.36. The minimum Gasteiger partial charge on any atom is -0.313 e. The highest BCUT2D eigenvalue weighted by atomic mass is 19.4. The lowest BCUT2D eigenvalue weighted by molar-refractivity contribution is -0.137. The highest BCUT2D eigenvalue weighted by Gasteiger charge is 2.46. The molecule has 2 fully saturated rings. The number of benzene rings is 2. The fourth-order valence-corrected chi connectivity index (χ4v) is 4.81. The molecule has 1 heterocycles. The van der Waals surface area contributed by atoms with Crippen LogP contribution in [0.4, 0.5) is 13.2 Å². The van der Waals surface area contributed by atoms with Crippen LogP contribution in [-0.4, -0.2) is 30.6 Å². The number of alkyl halides is 3. The second kappa shape index (κ2) is 7.13. The summed E-state index contributed by atoms with van der Waals surface area (Å²) in [5, 5.41) is 3.77. The lowest BCUT2D eigenvalue weighted by Gasteiger charge is -2.32. The van der Waals surface area contributed by atoms with Gasteiger partial charge in [0, 0.05) is 38.1 Å². The smallest absolute Gasteiger partial charge is 0.313 e. The van der Waals surface area contributed by atoms with Gasteiger partial charge in [0.15, 0.2) is 0 Å². The van der Waals surface area contributed by atoms with Crippen LogP contribution < -0.4 is 5.32 Å². The summed E-state index contributed by atoms with van der Waals surface area (Å²) in [6.07, 6.45) is 0.217. The predicted octanol–water partition coefficient (Wildman–Crippen LogP) is 4.99. The van der Waals surface area contributed by atoms with E-state index in [1.807, 2.05) is 0 Å². The molecule has 5 rings (SSSR count). The van der Waals surface area contributed by atoms with Gasteiger partial charge in [-0.25, -0.2) is 0 Å². The minimum atomic E-state index is -4.27. The Morgan fingerprint density at radius 1 is 1.03 bits per heavy atom. The Labute approximate surface area is 170 Å². The van der Waals surface area contributed by atoms with Gasteiger partial charge in [-0.3, -0.25) is 4.90 Å². The molecule has 3 aliphatic rings. The summed E-state index contributed by atoms with van der Waals surface area (Å²) in [5.41, 5.74) is 3.12. The zero-order valence-electron chi connectivity index (χ0n) is 16.5. The SMILES string of the molecule is FC(F)(F)c1ccc2c(c1)CN(CC1(CNC3C[C@@H]3c3ccccc3)CC1)CC2. The van der Waals surface area contributed by atoms with Crippen LogP contribution in [-0.2, 0) is 19.1 Å². The van der Waals surface area contributed by atoms with Gasteiger partial charge in [0.05, 0.1) is 5.56 Å². The fraction of sp³-hybridized carbons (Fsp3) is 0.500. The number of nitrogens with one attached hydrogen (secondary N) is 1. The molecule has 2 nitrogen and oxygen atoms in total. The maximum absolute atomic E-state index is 13.1. The van der Waals surface area contributed by atoms with E-state index in [4.69, 9.17) is 0 Å². The monoisotopic (exact) mass is 400 g/mol. The zero-order chi connectivity index (χ0) is 20.1. The topological polar surface area (TPSA) is 15.3 Å². The van der Waals surface area contributed by atoms with E-state index in [1.54, 1.807) is 6.07 Å². The number of rotatable bonds is 6. The second-order valence-corrected chi connectivity index (χ2v) is 9.18. The molecule has 29 heavy (non-hydrogen) atoms. The van der Waals surface area contributed by atoms with Crippen molar-refractivity contribution < 1.29 is 13.2 Å². The molecule has 1 aliphatic heterocycles. The van der Waals surface area contributed by atoms with Crippen molar-refractivity contribution in [3.63, 3.8) is 0 Å². The molecule has 154 valence electrons. The van der Waals surface area contributed by atoms with E-state index in [9.17, 15) is 13.2 Å². The van der Waals surface area contributed by atoms with Crippen LogP contribution in [0.1, 0.15) is 47.4 Å². The Hall–Kier alpha value is -1.85. The molecule has 0 bridgehead atoms. The molecule has 2 atom stereocenters. The van der Waals surface area contributed by atoms with E-state index in [2.05, 4.69) is 40.5 Å². The predicted molar refractivity (Wildman–Crippen MR) is 108 cm³/mol. The lowest BCUT2D eigenvalue weighted by atomic mass is 9.95. The van der Waals surface area contributed by atoms with Crippen LogP contribution in [0.3, 0.4) is 0 Å². The number of hydrogen-bond acceptors (Lipinski definition) is 2. The van der Waals surface area contributed by atoms with Crippen LogP contribution in [0.15, 0.2) is 48.5 Å². The Bertz CT molecular complexity index is 873. The van der Waals surface area contributed by atoms with Crippen molar-refractivity contribution >= 4 is 0 Å². The third-order valence-corrected chi connectivity index (χ3v) is 6.90. The second-order valence-electron chi connectivity index (χ2n) is 9.18. The summed E-state index contributed by atoms with van der Waals surface area (Å²) in [7, 11) is 0. The van der Waals surface area contributed by atoms with E-state index < -0.39 is 11.7 Å². The van der Waals surface area contributed by atoms with Crippen LogP contribution in [0.25, 0.3) is 0 Å². The Morgan fingerprint density at radius 3 is 2.55 bits per heavy atom. The van der Waals surface area contributed by atoms with E-state index in [1.165, 1.54) is 37.0 Å². The molecule has 1 unspecified atom stereocenters. The van der Waals surface area contributed by atoms with Gasteiger partial charge in [0.2, 0.25) is 0 Å². The van der Waals surface area contributed by atoms with Gasteiger partial charge in [-0.15, -0.1) is 0 Å². The van der Waals surface area contributed by atoms with Gasteiger partial charge in [0.25, 0.3) is 0 Å². The van der Waals surface area contributed by atoms with Crippen LogP contribution >= 0.6 is 0 Å². The minimum absolute atomic E-state index is 0.309. The summed E-state index contributed by atoms with van der Waals surface area (Å²) < 4.78 is 39.2. The number of hydrogen-bond donors (Lipinski definition) is 1. The molecule has 1 N–H and O–H groups in total. The number of halogens is 3. The lowest BCUT2D eigenvalue weighted by Crippen LogP contribution is -2.39. The van der Waals surface area contributed by atoms with Gasteiger partial charge in [-0.2, -0.15) is 13.2 Å². The van der Waals surface area contributed by atoms with Crippen molar-refractivity contribution in [2.24, 2.45) is 5.41 Å². The Morgan fingerprint density at radius 2 is 1.83 bits per heavy atom. The van der Waals surface area contributed by atoms with Crippen molar-refractivity contribution in [2.75, 3.05) is 19.6 Å². The summed E-state index contributed by atoms with van der Waals surface area (Å²) in [6, 6.07) is 15.5. The van der Waals surface area contributed by atoms with E-state index in [0.29, 0.717) is 23.9 Å². The highest BCUT2D eigenvalue weighted by Crippen LogP contribution is 2.48. The number of fused-ring (bicyclic) bond motifs is 1. The largest absolute Gasteiger partial charge is 0.416 e. The molecule has 2 aliphatic carbocycles. The van der Waals surface area contributed by atoms with Gasteiger partial charge >= 0.3 is 6.18 Å². The molecule has 2 aromatic rings. The first kappa shape index (κ1) is 19.1. The first-order valence-corrected chi connectivity index (χ1v) is 10.6. The van der Waals surface area contributed by atoms with Gasteiger partial charge < -0.3 is 5.32 Å². The van der Waals surface area contributed by atoms with Crippen molar-refractivity contribution in [1.29, 1.82) is 0 Å². The van der Waals surface area contributed by atoms with Crippen molar-refractivity contribution in [3.8, 4) is 0 Å². The van der Waals surface area contributed by atoms with Gasteiger partial charge in [0.1, 0.15) is 0 Å². The van der Waals surface area contributed by atoms with Crippen LogP contribution in [0.2, 0.25) is 0 Å². The summed E-state index contributed by atoms with van der Waals surface area (Å²) >= 11 is 0. The molecule has 5 heteroatoms. The van der Waals surface area contributed by atoms with Gasteiger partial charge in [-0.05, 0) is 59.9 Å². The van der Waals surface area contributed by atoms with Crippen molar-refractivity contribution in [1.82, 2.24) is 10.2 Å². The third-order valence-electron chi connectivity index (χ3n) is 6.90. The summed E-state index contributed by atoms with van der Waals surface area (Å²) in [5.74, 6) is 0.634. The van der Waals surface area contributed by atoms with E-state index in [0.717, 1.165) is 37.2 Å². The zero-order valence-corrected chi connectivity index (χ0v) is 16.5. The normalized spacial score (nSPS) is 25.5. The molecule has 0 saturated heterocycles. The Kier molecular flexibility index (Phi) is 4.71. The average Bonchev–Trinajstić information content (AvgIpc) is 3.62. The third kappa shape index (κ3) is 4.22. The molecule has 0 aromatic heterocycles. The molecule has 2 saturated carbocycles. The van der Waals surface area contributed by atoms with E-state index >= 15 is 0 Å². The fourth-order valence-electron chi connectivity index (χ4n) is 4.81. The van der Waals surface area contributed by atoms with Gasteiger partial charge in [-0.1, -0.05) is 36.4 Å². The molecule has 2 aromatic carbocycles. The maximum Gasteiger partial charge on any atom is 0.416 e. The van der Waals surface area contributed by atoms with Crippen molar-refractivity contribution in [3.05, 3.63) is 70.8 Å².